The third kappa shape index (κ3) is 4.11. The molecule has 0 saturated heterocycles. The quantitative estimate of drug-likeness (QED) is 0.557. The highest BCUT2D eigenvalue weighted by Gasteiger charge is 2.21. The number of nitro groups is 1. The Balaban J connectivity index is 2.36. The van der Waals surface area contributed by atoms with Gasteiger partial charge in [0.1, 0.15) is 5.69 Å². The van der Waals surface area contributed by atoms with Gasteiger partial charge in [0.05, 0.1) is 9.82 Å². The Morgan fingerprint density at radius 3 is 2.33 bits per heavy atom. The van der Waals surface area contributed by atoms with Crippen LogP contribution in [-0.4, -0.2) is 20.4 Å². The zero-order valence-corrected chi connectivity index (χ0v) is 15.4. The Labute approximate surface area is 148 Å². The molecule has 1 atom stereocenters. The number of benzene rings is 2. The van der Waals surface area contributed by atoms with E-state index >= 15 is 0 Å². The minimum Gasteiger partial charge on any atom is -0.373 e. The summed E-state index contributed by atoms with van der Waals surface area (Å²) in [6.07, 6.45) is 0. The molecule has 128 valence electrons. The minimum atomic E-state index is -3.74. The van der Waals surface area contributed by atoms with Gasteiger partial charge >= 0.3 is 0 Å². The van der Waals surface area contributed by atoms with E-state index in [9.17, 15) is 18.5 Å². The molecule has 2 aromatic rings. The van der Waals surface area contributed by atoms with Crippen LogP contribution in [-0.2, 0) is 10.0 Å². The van der Waals surface area contributed by atoms with E-state index in [0.717, 1.165) is 16.1 Å². The Kier molecular flexibility index (Phi) is 5.58. The van der Waals surface area contributed by atoms with Crippen LogP contribution >= 0.6 is 15.9 Å². The highest BCUT2D eigenvalue weighted by Crippen LogP contribution is 2.30. The van der Waals surface area contributed by atoms with Crippen LogP contribution in [0.2, 0.25) is 0 Å². The van der Waals surface area contributed by atoms with Crippen molar-refractivity contribution < 1.29 is 13.3 Å². The number of nitrogens with zero attached hydrogens (tertiary/aromatic N) is 1. The SMILES string of the molecule is CNS(=O)(=O)c1ccc(N[C@H](C)c2ccc(Br)cc2)c([N+](=O)[O-])c1. The minimum absolute atomic E-state index is 0.154. The van der Waals surface area contributed by atoms with Crippen molar-refractivity contribution in [2.75, 3.05) is 12.4 Å². The van der Waals surface area contributed by atoms with Crippen molar-refractivity contribution in [1.29, 1.82) is 0 Å². The highest BCUT2D eigenvalue weighted by molar-refractivity contribution is 9.10. The van der Waals surface area contributed by atoms with Gasteiger partial charge in [-0.2, -0.15) is 0 Å². The van der Waals surface area contributed by atoms with E-state index < -0.39 is 14.9 Å². The molecular formula is C15H16BrN3O4S. The molecule has 9 heteroatoms. The summed E-state index contributed by atoms with van der Waals surface area (Å²) in [6, 6.07) is 11.1. The van der Waals surface area contributed by atoms with E-state index in [2.05, 4.69) is 26.0 Å². The number of sulfonamides is 1. The molecule has 0 fully saturated rings. The lowest BCUT2D eigenvalue weighted by Crippen LogP contribution is -2.19. The van der Waals surface area contributed by atoms with Crippen LogP contribution in [0.15, 0.2) is 51.8 Å². The lowest BCUT2D eigenvalue weighted by molar-refractivity contribution is -0.384. The largest absolute Gasteiger partial charge is 0.373 e. The van der Waals surface area contributed by atoms with Gasteiger partial charge in [0.15, 0.2) is 0 Å². The maximum absolute atomic E-state index is 11.8. The molecule has 0 saturated carbocycles. The van der Waals surface area contributed by atoms with Crippen LogP contribution < -0.4 is 10.0 Å². The molecule has 0 aliphatic heterocycles. The average Bonchev–Trinajstić information content (AvgIpc) is 2.55. The molecule has 0 radical (unpaired) electrons. The molecule has 7 nitrogen and oxygen atoms in total. The zero-order valence-electron chi connectivity index (χ0n) is 13.0. The molecule has 0 heterocycles. The number of hydrogen-bond acceptors (Lipinski definition) is 5. The smallest absolute Gasteiger partial charge is 0.293 e. The van der Waals surface area contributed by atoms with E-state index in [1.807, 2.05) is 31.2 Å². The molecular weight excluding hydrogens is 398 g/mol. The van der Waals surface area contributed by atoms with Gasteiger partial charge in [0, 0.05) is 16.6 Å². The lowest BCUT2D eigenvalue weighted by Gasteiger charge is -2.16. The van der Waals surface area contributed by atoms with Crippen molar-refractivity contribution in [2.24, 2.45) is 0 Å². The van der Waals surface area contributed by atoms with Gasteiger partial charge in [0.25, 0.3) is 5.69 Å². The van der Waals surface area contributed by atoms with Crippen molar-refractivity contribution in [3.63, 3.8) is 0 Å². The standard InChI is InChI=1S/C15H16BrN3O4S/c1-10(11-3-5-12(16)6-4-11)18-14-8-7-13(24(22,23)17-2)9-15(14)19(20)21/h3-10,17-18H,1-2H3/t10-/m1/s1. The molecule has 0 spiro atoms. The molecule has 0 amide bonds. The first-order chi connectivity index (χ1) is 11.2. The van der Waals surface area contributed by atoms with Crippen molar-refractivity contribution in [2.45, 2.75) is 17.9 Å². The molecule has 2 N–H and O–H groups in total. The number of hydrogen-bond donors (Lipinski definition) is 2. The second-order valence-corrected chi connectivity index (χ2v) is 7.86. The van der Waals surface area contributed by atoms with Gasteiger partial charge in [-0.15, -0.1) is 0 Å². The summed E-state index contributed by atoms with van der Waals surface area (Å²) in [5.74, 6) is 0. The first-order valence-corrected chi connectivity index (χ1v) is 9.26. The fraction of sp³-hybridized carbons (Fsp3) is 0.200. The normalized spacial score (nSPS) is 12.6. The fourth-order valence-corrected chi connectivity index (χ4v) is 3.15. The maximum atomic E-state index is 11.8. The van der Waals surface area contributed by atoms with E-state index in [-0.39, 0.29) is 22.3 Å². The predicted molar refractivity (Wildman–Crippen MR) is 95.5 cm³/mol. The molecule has 2 aromatic carbocycles. The molecule has 0 aliphatic rings. The van der Waals surface area contributed by atoms with E-state index in [1.54, 1.807) is 0 Å². The monoisotopic (exact) mass is 413 g/mol. The molecule has 0 bridgehead atoms. The van der Waals surface area contributed by atoms with E-state index in [1.165, 1.54) is 19.2 Å². The molecule has 24 heavy (non-hydrogen) atoms. The van der Waals surface area contributed by atoms with Gasteiger partial charge < -0.3 is 5.32 Å². The summed E-state index contributed by atoms with van der Waals surface area (Å²) in [5.41, 5.74) is 0.903. The van der Waals surface area contributed by atoms with Crippen molar-refractivity contribution >= 4 is 37.3 Å². The van der Waals surface area contributed by atoms with Gasteiger partial charge in [-0.3, -0.25) is 10.1 Å². The second kappa shape index (κ2) is 7.29. The molecule has 0 unspecified atom stereocenters. The fourth-order valence-electron chi connectivity index (χ4n) is 2.14. The third-order valence-electron chi connectivity index (χ3n) is 3.49. The van der Waals surface area contributed by atoms with Crippen molar-refractivity contribution in [3.05, 3.63) is 62.6 Å². The maximum Gasteiger partial charge on any atom is 0.293 e. The van der Waals surface area contributed by atoms with Crippen LogP contribution in [0.1, 0.15) is 18.5 Å². The number of nitro benzene ring substituents is 1. The highest BCUT2D eigenvalue weighted by atomic mass is 79.9. The van der Waals surface area contributed by atoms with Gasteiger partial charge in [-0.25, -0.2) is 13.1 Å². The number of anilines is 1. The number of rotatable bonds is 6. The van der Waals surface area contributed by atoms with Crippen LogP contribution in [0.4, 0.5) is 11.4 Å². The summed E-state index contributed by atoms with van der Waals surface area (Å²) in [5, 5.41) is 14.3. The second-order valence-electron chi connectivity index (χ2n) is 5.06. The molecule has 0 aromatic heterocycles. The van der Waals surface area contributed by atoms with E-state index in [4.69, 9.17) is 0 Å². The first-order valence-electron chi connectivity index (χ1n) is 6.98. The average molecular weight is 414 g/mol. The topological polar surface area (TPSA) is 101 Å². The van der Waals surface area contributed by atoms with Crippen molar-refractivity contribution in [3.8, 4) is 0 Å². The summed E-state index contributed by atoms with van der Waals surface area (Å²) in [6.45, 7) is 1.87. The third-order valence-corrected chi connectivity index (χ3v) is 5.43. The van der Waals surface area contributed by atoms with Crippen LogP contribution in [0.25, 0.3) is 0 Å². The van der Waals surface area contributed by atoms with Crippen LogP contribution in [0.3, 0.4) is 0 Å². The van der Waals surface area contributed by atoms with Crippen molar-refractivity contribution in [1.82, 2.24) is 4.72 Å². The van der Waals surface area contributed by atoms with Gasteiger partial charge in [-0.05, 0) is 43.8 Å². The first kappa shape index (κ1) is 18.4. The Morgan fingerprint density at radius 1 is 1.17 bits per heavy atom. The van der Waals surface area contributed by atoms with E-state index in [0.29, 0.717) is 0 Å². The Bertz CT molecular complexity index is 854. The molecule has 2 rings (SSSR count). The number of nitrogens with one attached hydrogen (secondary N) is 2. The molecule has 0 aliphatic carbocycles. The summed E-state index contributed by atoms with van der Waals surface area (Å²) in [7, 11) is -2.49. The van der Waals surface area contributed by atoms with Crippen LogP contribution in [0.5, 0.6) is 0 Å². The van der Waals surface area contributed by atoms with Gasteiger partial charge in [-0.1, -0.05) is 28.1 Å². The summed E-state index contributed by atoms with van der Waals surface area (Å²) >= 11 is 3.35. The summed E-state index contributed by atoms with van der Waals surface area (Å²) in [4.78, 5) is 10.5. The Morgan fingerprint density at radius 2 is 1.79 bits per heavy atom. The number of halogens is 1. The van der Waals surface area contributed by atoms with Gasteiger partial charge in [0.2, 0.25) is 10.0 Å². The summed E-state index contributed by atoms with van der Waals surface area (Å²) < 4.78 is 26.7. The zero-order chi connectivity index (χ0) is 17.9. The lowest BCUT2D eigenvalue weighted by atomic mass is 10.1. The Hall–Kier alpha value is -1.97. The predicted octanol–water partition coefficient (Wildman–Crippen LogP) is 3.44. The van der Waals surface area contributed by atoms with Crippen LogP contribution in [0, 0.1) is 10.1 Å².